The second-order valence-corrected chi connectivity index (χ2v) is 5.18. The van der Waals surface area contributed by atoms with Crippen molar-refractivity contribution >= 4 is 11.8 Å². The van der Waals surface area contributed by atoms with Crippen molar-refractivity contribution in [2.45, 2.75) is 19.3 Å². The van der Waals surface area contributed by atoms with E-state index in [9.17, 15) is 9.59 Å². The highest BCUT2D eigenvalue weighted by Crippen LogP contribution is 2.14. The smallest absolute Gasteiger partial charge is 0.253 e. The molecule has 5 nitrogen and oxygen atoms in total. The average molecular weight is 290 g/mol. The van der Waals surface area contributed by atoms with Crippen molar-refractivity contribution in [2.24, 2.45) is 0 Å². The normalized spacial score (nSPS) is 14.2. The van der Waals surface area contributed by atoms with Gasteiger partial charge in [-0.2, -0.15) is 0 Å². The third kappa shape index (κ3) is 4.29. The van der Waals surface area contributed by atoms with Crippen molar-refractivity contribution in [3.8, 4) is 0 Å². The molecule has 1 saturated heterocycles. The van der Waals surface area contributed by atoms with Gasteiger partial charge in [-0.3, -0.25) is 9.59 Å². The van der Waals surface area contributed by atoms with E-state index in [-0.39, 0.29) is 11.8 Å². The Morgan fingerprint density at radius 3 is 2.67 bits per heavy atom. The highest BCUT2D eigenvalue weighted by Gasteiger charge is 2.20. The largest absolute Gasteiger partial charge is 0.385 e. The zero-order valence-electron chi connectivity index (χ0n) is 12.4. The van der Waals surface area contributed by atoms with Crippen molar-refractivity contribution in [1.82, 2.24) is 10.2 Å². The second-order valence-electron chi connectivity index (χ2n) is 5.18. The lowest BCUT2D eigenvalue weighted by Crippen LogP contribution is -2.28. The van der Waals surface area contributed by atoms with Gasteiger partial charge in [-0.15, -0.1) is 0 Å². The van der Waals surface area contributed by atoms with Gasteiger partial charge in [0.25, 0.3) is 11.8 Å². The molecule has 0 spiro atoms. The SMILES string of the molecule is COCCCNC(=O)c1cccc(C(=O)N2CCCC2)c1. The van der Waals surface area contributed by atoms with Gasteiger partial charge < -0.3 is 15.0 Å². The Hall–Kier alpha value is -1.88. The lowest BCUT2D eigenvalue weighted by atomic mass is 10.1. The van der Waals surface area contributed by atoms with Crippen LogP contribution in [0.5, 0.6) is 0 Å². The molecule has 5 heteroatoms. The van der Waals surface area contributed by atoms with Crippen molar-refractivity contribution < 1.29 is 14.3 Å². The number of likely N-dealkylation sites (tertiary alicyclic amines) is 1. The number of amides is 2. The van der Waals surface area contributed by atoms with E-state index in [4.69, 9.17) is 4.74 Å². The van der Waals surface area contributed by atoms with Crippen LogP contribution in [-0.4, -0.2) is 50.1 Å². The van der Waals surface area contributed by atoms with E-state index in [1.165, 1.54) is 0 Å². The first-order valence-corrected chi connectivity index (χ1v) is 7.39. The number of hydrogen-bond acceptors (Lipinski definition) is 3. The Kier molecular flexibility index (Phi) is 5.75. The van der Waals surface area contributed by atoms with Gasteiger partial charge in [-0.1, -0.05) is 6.07 Å². The van der Waals surface area contributed by atoms with E-state index in [2.05, 4.69) is 5.32 Å². The summed E-state index contributed by atoms with van der Waals surface area (Å²) in [6.45, 7) is 2.81. The molecule has 2 amide bonds. The molecule has 1 aromatic rings. The Morgan fingerprint density at radius 1 is 1.24 bits per heavy atom. The number of hydrogen-bond donors (Lipinski definition) is 1. The number of benzene rings is 1. The number of methoxy groups -OCH3 is 1. The van der Waals surface area contributed by atoms with Crippen LogP contribution in [0.25, 0.3) is 0 Å². The first kappa shape index (κ1) is 15.5. The van der Waals surface area contributed by atoms with Crippen LogP contribution < -0.4 is 5.32 Å². The molecule has 0 radical (unpaired) electrons. The maximum atomic E-state index is 12.3. The Morgan fingerprint density at radius 2 is 1.95 bits per heavy atom. The van der Waals surface area contributed by atoms with Crippen molar-refractivity contribution in [1.29, 1.82) is 0 Å². The van der Waals surface area contributed by atoms with Gasteiger partial charge in [0.1, 0.15) is 0 Å². The topological polar surface area (TPSA) is 58.6 Å². The molecule has 0 unspecified atom stereocenters. The third-order valence-corrected chi connectivity index (χ3v) is 3.58. The van der Waals surface area contributed by atoms with E-state index in [1.54, 1.807) is 31.4 Å². The lowest BCUT2D eigenvalue weighted by Gasteiger charge is -2.15. The fourth-order valence-electron chi connectivity index (χ4n) is 2.42. The first-order valence-electron chi connectivity index (χ1n) is 7.39. The molecular formula is C16H22N2O3. The van der Waals surface area contributed by atoms with Crippen molar-refractivity contribution in [3.63, 3.8) is 0 Å². The molecule has 21 heavy (non-hydrogen) atoms. The van der Waals surface area contributed by atoms with E-state index >= 15 is 0 Å². The second kappa shape index (κ2) is 7.78. The Bertz CT molecular complexity index is 496. The van der Waals surface area contributed by atoms with Crippen LogP contribution >= 0.6 is 0 Å². The van der Waals surface area contributed by atoms with E-state index < -0.39 is 0 Å². The molecule has 1 heterocycles. The van der Waals surface area contributed by atoms with Gasteiger partial charge in [0.15, 0.2) is 0 Å². The van der Waals surface area contributed by atoms with Gasteiger partial charge >= 0.3 is 0 Å². The molecule has 0 bridgehead atoms. The monoisotopic (exact) mass is 290 g/mol. The molecule has 1 N–H and O–H groups in total. The maximum Gasteiger partial charge on any atom is 0.253 e. The molecule has 0 aromatic heterocycles. The van der Waals surface area contributed by atoms with Crippen LogP contribution in [-0.2, 0) is 4.74 Å². The predicted molar refractivity (Wildman–Crippen MR) is 80.4 cm³/mol. The lowest BCUT2D eigenvalue weighted by molar-refractivity contribution is 0.0793. The quantitative estimate of drug-likeness (QED) is 0.811. The number of carbonyl (C=O) groups excluding carboxylic acids is 2. The molecule has 114 valence electrons. The highest BCUT2D eigenvalue weighted by atomic mass is 16.5. The number of ether oxygens (including phenoxy) is 1. The summed E-state index contributed by atoms with van der Waals surface area (Å²) >= 11 is 0. The third-order valence-electron chi connectivity index (χ3n) is 3.58. The number of rotatable bonds is 6. The fraction of sp³-hybridized carbons (Fsp3) is 0.500. The van der Waals surface area contributed by atoms with Crippen molar-refractivity contribution in [3.05, 3.63) is 35.4 Å². The number of nitrogens with one attached hydrogen (secondary N) is 1. The zero-order chi connectivity index (χ0) is 15.1. The standard InChI is InChI=1S/C16H22N2O3/c1-21-11-5-8-17-15(19)13-6-4-7-14(12-13)16(20)18-9-2-3-10-18/h4,6-7,12H,2-3,5,8-11H2,1H3,(H,17,19). The summed E-state index contributed by atoms with van der Waals surface area (Å²) in [5.74, 6) is -0.135. The van der Waals surface area contributed by atoms with Gasteiger partial charge in [0.05, 0.1) is 0 Å². The Balaban J connectivity index is 1.96. The summed E-state index contributed by atoms with van der Waals surface area (Å²) in [7, 11) is 1.63. The summed E-state index contributed by atoms with van der Waals surface area (Å²) in [6.07, 6.45) is 2.89. The summed E-state index contributed by atoms with van der Waals surface area (Å²) in [4.78, 5) is 26.2. The average Bonchev–Trinajstić information content (AvgIpc) is 3.05. The first-order chi connectivity index (χ1) is 10.2. The molecule has 2 rings (SSSR count). The number of carbonyl (C=O) groups is 2. The minimum Gasteiger partial charge on any atom is -0.385 e. The molecule has 1 aliphatic rings. The van der Waals surface area contributed by atoms with Gasteiger partial charge in [0.2, 0.25) is 0 Å². The van der Waals surface area contributed by atoms with E-state index in [0.717, 1.165) is 32.4 Å². The minimum absolute atomic E-state index is 0.0153. The zero-order valence-corrected chi connectivity index (χ0v) is 12.4. The Labute approximate surface area is 125 Å². The van der Waals surface area contributed by atoms with Crippen LogP contribution in [0.2, 0.25) is 0 Å². The van der Waals surface area contributed by atoms with Crippen LogP contribution in [0.1, 0.15) is 40.0 Å². The number of nitrogens with zero attached hydrogens (tertiary/aromatic N) is 1. The molecule has 1 aliphatic heterocycles. The van der Waals surface area contributed by atoms with Crippen LogP contribution in [0.15, 0.2) is 24.3 Å². The molecule has 0 aliphatic carbocycles. The van der Waals surface area contributed by atoms with Crippen molar-refractivity contribution in [2.75, 3.05) is 33.4 Å². The molecule has 0 atom stereocenters. The summed E-state index contributed by atoms with van der Waals surface area (Å²) in [5.41, 5.74) is 1.11. The molecule has 0 saturated carbocycles. The van der Waals surface area contributed by atoms with Crippen LogP contribution in [0.3, 0.4) is 0 Å². The maximum absolute atomic E-state index is 12.3. The fourth-order valence-corrected chi connectivity index (χ4v) is 2.42. The molecule has 1 aromatic carbocycles. The molecule has 1 fully saturated rings. The summed E-state index contributed by atoms with van der Waals surface area (Å²) < 4.78 is 4.94. The summed E-state index contributed by atoms with van der Waals surface area (Å²) in [5, 5.41) is 2.83. The van der Waals surface area contributed by atoms with Gasteiger partial charge in [-0.25, -0.2) is 0 Å². The van der Waals surface area contributed by atoms with E-state index in [1.807, 2.05) is 4.90 Å². The van der Waals surface area contributed by atoms with E-state index in [0.29, 0.717) is 24.3 Å². The van der Waals surface area contributed by atoms with Gasteiger partial charge in [0, 0.05) is 44.5 Å². The van der Waals surface area contributed by atoms with Crippen LogP contribution in [0.4, 0.5) is 0 Å². The summed E-state index contributed by atoms with van der Waals surface area (Å²) in [6, 6.07) is 6.93. The minimum atomic E-state index is -0.151. The predicted octanol–water partition coefficient (Wildman–Crippen LogP) is 1.69. The van der Waals surface area contributed by atoms with Gasteiger partial charge in [-0.05, 0) is 37.5 Å². The molecular weight excluding hydrogens is 268 g/mol. The van der Waals surface area contributed by atoms with Crippen LogP contribution in [0, 0.1) is 0 Å². The highest BCUT2D eigenvalue weighted by molar-refractivity contribution is 5.99.